The third kappa shape index (κ3) is 3.55. The summed E-state index contributed by atoms with van der Waals surface area (Å²) in [5, 5.41) is 9.94. The number of imidazole rings is 1. The number of nitrogens with zero attached hydrogens (tertiary/aromatic N) is 2. The van der Waals surface area contributed by atoms with Gasteiger partial charge in [0, 0.05) is 16.3 Å². The van der Waals surface area contributed by atoms with Gasteiger partial charge >= 0.3 is 0 Å². The molecule has 2 aromatic heterocycles. The van der Waals surface area contributed by atoms with Gasteiger partial charge in [-0.3, -0.25) is 4.40 Å². The zero-order chi connectivity index (χ0) is 28.6. The standard InChI is InChI=1S/C40H32N2/c1-25-26-14-5-10-19-31(26)35(40(2,3)4)24-34(25)39-41-36-22-13-21-33-30-18-9-7-16-28(30)27-15-6-8-17-29(27)32-20-11-12-23-37(32)42(39)38(33)36/h5-24H,1-4H3. The molecule has 0 saturated carbocycles. The molecule has 0 fully saturated rings. The first-order valence-electron chi connectivity index (χ1n) is 14.7. The maximum absolute atomic E-state index is 5.45. The van der Waals surface area contributed by atoms with Crippen LogP contribution in [0.15, 0.2) is 121 Å². The van der Waals surface area contributed by atoms with Gasteiger partial charge in [-0.1, -0.05) is 124 Å². The maximum Gasteiger partial charge on any atom is 0.146 e. The summed E-state index contributed by atoms with van der Waals surface area (Å²) in [6.07, 6.45) is 0. The van der Waals surface area contributed by atoms with E-state index in [4.69, 9.17) is 4.98 Å². The van der Waals surface area contributed by atoms with Crippen LogP contribution < -0.4 is 0 Å². The Morgan fingerprint density at radius 1 is 0.524 bits per heavy atom. The number of benzene rings is 6. The summed E-state index contributed by atoms with van der Waals surface area (Å²) in [4.78, 5) is 5.45. The molecule has 0 atom stereocenters. The number of rotatable bonds is 1. The second-order valence-electron chi connectivity index (χ2n) is 12.4. The van der Waals surface area contributed by atoms with Crippen molar-refractivity contribution in [2.75, 3.05) is 0 Å². The molecule has 0 spiro atoms. The average Bonchev–Trinajstić information content (AvgIpc) is 3.41. The minimum Gasteiger partial charge on any atom is -0.291 e. The van der Waals surface area contributed by atoms with Gasteiger partial charge in [0.15, 0.2) is 0 Å². The average molecular weight is 541 g/mol. The fourth-order valence-electron chi connectivity index (χ4n) is 6.93. The van der Waals surface area contributed by atoms with Crippen LogP contribution >= 0.6 is 0 Å². The van der Waals surface area contributed by atoms with E-state index >= 15 is 0 Å². The number of hydrogen-bond acceptors (Lipinski definition) is 1. The minimum absolute atomic E-state index is 0.0250. The molecule has 2 heterocycles. The highest BCUT2D eigenvalue weighted by molar-refractivity contribution is 6.21. The van der Waals surface area contributed by atoms with Crippen molar-refractivity contribution in [3.63, 3.8) is 0 Å². The highest BCUT2D eigenvalue weighted by Crippen LogP contribution is 2.41. The van der Waals surface area contributed by atoms with Crippen LogP contribution in [0.3, 0.4) is 0 Å². The molecule has 2 heteroatoms. The molecule has 8 aromatic rings. The molecular weight excluding hydrogens is 508 g/mol. The summed E-state index contributed by atoms with van der Waals surface area (Å²) in [7, 11) is 0. The highest BCUT2D eigenvalue weighted by atomic mass is 15.0. The Labute approximate surface area is 245 Å². The van der Waals surface area contributed by atoms with Crippen molar-refractivity contribution >= 4 is 59.6 Å². The molecule has 0 N–H and O–H groups in total. The van der Waals surface area contributed by atoms with Crippen LogP contribution in [-0.4, -0.2) is 9.38 Å². The van der Waals surface area contributed by atoms with Gasteiger partial charge in [-0.2, -0.15) is 0 Å². The van der Waals surface area contributed by atoms with E-state index in [1.807, 2.05) is 0 Å². The fourth-order valence-corrected chi connectivity index (χ4v) is 6.93. The van der Waals surface area contributed by atoms with Gasteiger partial charge in [-0.25, -0.2) is 4.98 Å². The topological polar surface area (TPSA) is 17.3 Å². The van der Waals surface area contributed by atoms with Crippen LogP contribution in [0.4, 0.5) is 0 Å². The lowest BCUT2D eigenvalue weighted by atomic mass is 9.81. The minimum atomic E-state index is -0.0250. The molecule has 0 radical (unpaired) electrons. The molecule has 0 aliphatic rings. The zero-order valence-electron chi connectivity index (χ0n) is 24.4. The van der Waals surface area contributed by atoms with Crippen molar-refractivity contribution in [2.24, 2.45) is 0 Å². The third-order valence-corrected chi connectivity index (χ3v) is 8.91. The SMILES string of the molecule is Cc1c(-c2nc3cccc4c5ccccc5c5ccccc5c5ccccc5n2c34)cc(C(C)(C)C)c2ccccc12. The van der Waals surface area contributed by atoms with Gasteiger partial charge in [-0.15, -0.1) is 0 Å². The summed E-state index contributed by atoms with van der Waals surface area (Å²) < 4.78 is 2.43. The summed E-state index contributed by atoms with van der Waals surface area (Å²) in [5.74, 6) is 0.982. The molecular formula is C40H32N2. The summed E-state index contributed by atoms with van der Waals surface area (Å²) >= 11 is 0. The van der Waals surface area contributed by atoms with Gasteiger partial charge in [0.05, 0.1) is 16.6 Å². The van der Waals surface area contributed by atoms with Gasteiger partial charge in [0.1, 0.15) is 5.82 Å². The lowest BCUT2D eigenvalue weighted by molar-refractivity contribution is 0.596. The molecule has 202 valence electrons. The summed E-state index contributed by atoms with van der Waals surface area (Å²) in [6.45, 7) is 9.17. The zero-order valence-corrected chi connectivity index (χ0v) is 24.4. The van der Waals surface area contributed by atoms with Crippen LogP contribution in [0.25, 0.3) is 71.0 Å². The monoisotopic (exact) mass is 540 g/mol. The second-order valence-corrected chi connectivity index (χ2v) is 12.4. The Balaban J connectivity index is 1.71. The molecule has 0 unspecified atom stereocenters. The molecule has 42 heavy (non-hydrogen) atoms. The number of aromatic nitrogens is 2. The molecule has 8 rings (SSSR count). The van der Waals surface area contributed by atoms with Gasteiger partial charge < -0.3 is 0 Å². The quantitative estimate of drug-likeness (QED) is 0.202. The van der Waals surface area contributed by atoms with Crippen molar-refractivity contribution in [2.45, 2.75) is 33.1 Å². The Hall–Kier alpha value is -4.95. The normalized spacial score (nSPS) is 12.3. The van der Waals surface area contributed by atoms with Crippen LogP contribution in [0.1, 0.15) is 31.9 Å². The van der Waals surface area contributed by atoms with E-state index < -0.39 is 0 Å². The van der Waals surface area contributed by atoms with Gasteiger partial charge in [0.25, 0.3) is 0 Å². The molecule has 2 nitrogen and oxygen atoms in total. The van der Waals surface area contributed by atoms with Crippen molar-refractivity contribution in [3.05, 3.63) is 132 Å². The Morgan fingerprint density at radius 2 is 1.02 bits per heavy atom. The fraction of sp³-hybridized carbons (Fsp3) is 0.125. The van der Waals surface area contributed by atoms with Crippen LogP contribution in [-0.2, 0) is 5.41 Å². The van der Waals surface area contributed by atoms with E-state index in [1.165, 1.54) is 59.8 Å². The lowest BCUT2D eigenvalue weighted by Crippen LogP contribution is -2.12. The Morgan fingerprint density at radius 3 is 1.67 bits per heavy atom. The predicted octanol–water partition coefficient (Wildman–Crippen LogP) is 10.9. The Kier molecular flexibility index (Phi) is 5.33. The third-order valence-electron chi connectivity index (χ3n) is 8.91. The van der Waals surface area contributed by atoms with E-state index in [0.29, 0.717) is 0 Å². The lowest BCUT2D eigenvalue weighted by Gasteiger charge is -2.24. The van der Waals surface area contributed by atoms with E-state index in [0.717, 1.165) is 22.4 Å². The molecule has 0 amide bonds. The smallest absolute Gasteiger partial charge is 0.146 e. The summed E-state index contributed by atoms with van der Waals surface area (Å²) in [5.41, 5.74) is 7.04. The van der Waals surface area contributed by atoms with Gasteiger partial charge in [0.2, 0.25) is 0 Å². The van der Waals surface area contributed by atoms with Crippen LogP contribution in [0.5, 0.6) is 0 Å². The molecule has 0 aliphatic carbocycles. The van der Waals surface area contributed by atoms with Crippen LogP contribution in [0.2, 0.25) is 0 Å². The Bertz CT molecular complexity index is 2400. The van der Waals surface area contributed by atoms with Crippen molar-refractivity contribution in [1.82, 2.24) is 9.38 Å². The van der Waals surface area contributed by atoms with E-state index in [2.05, 4.69) is 153 Å². The molecule has 0 saturated heterocycles. The van der Waals surface area contributed by atoms with Crippen molar-refractivity contribution in [1.29, 1.82) is 0 Å². The van der Waals surface area contributed by atoms with Crippen molar-refractivity contribution in [3.8, 4) is 11.4 Å². The van der Waals surface area contributed by atoms with Crippen LogP contribution in [0, 0.1) is 6.92 Å². The first-order valence-corrected chi connectivity index (χ1v) is 14.7. The van der Waals surface area contributed by atoms with Crippen molar-refractivity contribution < 1.29 is 0 Å². The predicted molar refractivity (Wildman–Crippen MR) is 180 cm³/mol. The van der Waals surface area contributed by atoms with E-state index in [-0.39, 0.29) is 5.41 Å². The van der Waals surface area contributed by atoms with Gasteiger partial charge in [-0.05, 0) is 74.0 Å². The molecule has 0 aliphatic heterocycles. The molecule has 6 aromatic carbocycles. The first kappa shape index (κ1) is 24.8. The number of fused-ring (bicyclic) bond motifs is 8. The highest BCUT2D eigenvalue weighted by Gasteiger charge is 2.23. The second kappa shape index (κ2) is 9.03. The first-order chi connectivity index (χ1) is 20.4. The molecule has 0 bridgehead atoms. The number of aryl methyl sites for hydroxylation is 1. The van der Waals surface area contributed by atoms with E-state index in [9.17, 15) is 0 Å². The van der Waals surface area contributed by atoms with E-state index in [1.54, 1.807) is 0 Å². The number of hydrogen-bond donors (Lipinski definition) is 0. The largest absolute Gasteiger partial charge is 0.291 e. The summed E-state index contributed by atoms with van der Waals surface area (Å²) in [6, 6.07) is 44.2. The maximum atomic E-state index is 5.45. The number of para-hydroxylation sites is 2.